The second-order valence-electron chi connectivity index (χ2n) is 5.36. The zero-order chi connectivity index (χ0) is 17.5. The number of methoxy groups -OCH3 is 1. The van der Waals surface area contributed by atoms with Crippen LogP contribution in [0.15, 0.2) is 48.5 Å². The number of hydrogen-bond acceptors (Lipinski definition) is 4. The van der Waals surface area contributed by atoms with E-state index in [1.54, 1.807) is 25.3 Å². The van der Waals surface area contributed by atoms with Gasteiger partial charge >= 0.3 is 0 Å². The summed E-state index contributed by atoms with van der Waals surface area (Å²) in [5, 5.41) is 14.0. The molecule has 0 spiro atoms. The minimum Gasteiger partial charge on any atom is -0.497 e. The highest BCUT2D eigenvalue weighted by Crippen LogP contribution is 2.21. The van der Waals surface area contributed by atoms with Crippen molar-refractivity contribution in [3.05, 3.63) is 69.8 Å². The molecule has 0 aromatic heterocycles. The molecule has 2 aromatic rings. The Balaban J connectivity index is 2.08. The van der Waals surface area contributed by atoms with E-state index in [2.05, 4.69) is 5.32 Å². The molecule has 0 aliphatic carbocycles. The lowest BCUT2D eigenvalue weighted by Gasteiger charge is -2.18. The van der Waals surface area contributed by atoms with Gasteiger partial charge in [-0.1, -0.05) is 37.3 Å². The highest BCUT2D eigenvalue weighted by molar-refractivity contribution is 5.80. The standard InChI is InChI=1S/C18H20N2O4/c1-3-16(13-8-10-15(24-2)11-9-13)19-18(21)12-14-6-4-5-7-17(14)20(22)23/h4-11,16H,3,12H2,1-2H3,(H,19,21). The first-order valence-electron chi connectivity index (χ1n) is 7.70. The molecule has 0 bridgehead atoms. The van der Waals surface area contributed by atoms with Crippen LogP contribution >= 0.6 is 0 Å². The number of ether oxygens (including phenoxy) is 1. The van der Waals surface area contributed by atoms with E-state index in [-0.39, 0.29) is 24.1 Å². The van der Waals surface area contributed by atoms with Crippen LogP contribution in [-0.4, -0.2) is 17.9 Å². The van der Waals surface area contributed by atoms with E-state index in [0.29, 0.717) is 5.56 Å². The summed E-state index contributed by atoms with van der Waals surface area (Å²) in [7, 11) is 1.60. The van der Waals surface area contributed by atoms with Gasteiger partial charge in [-0.3, -0.25) is 14.9 Å². The average Bonchev–Trinajstić information content (AvgIpc) is 2.60. The molecule has 1 atom stereocenters. The van der Waals surface area contributed by atoms with Gasteiger partial charge in [-0.2, -0.15) is 0 Å². The Labute approximate surface area is 140 Å². The van der Waals surface area contributed by atoms with Crippen molar-refractivity contribution in [2.24, 2.45) is 0 Å². The molecule has 2 rings (SSSR count). The van der Waals surface area contributed by atoms with Crippen LogP contribution in [0.3, 0.4) is 0 Å². The molecule has 0 radical (unpaired) electrons. The van der Waals surface area contributed by atoms with Crippen LogP contribution in [-0.2, 0) is 11.2 Å². The number of rotatable bonds is 7. The fourth-order valence-corrected chi connectivity index (χ4v) is 2.51. The van der Waals surface area contributed by atoms with Crippen molar-refractivity contribution >= 4 is 11.6 Å². The monoisotopic (exact) mass is 328 g/mol. The SMILES string of the molecule is CCC(NC(=O)Cc1ccccc1[N+](=O)[O-])c1ccc(OC)cc1. The first-order valence-corrected chi connectivity index (χ1v) is 7.70. The van der Waals surface area contributed by atoms with Gasteiger partial charge in [-0.05, 0) is 24.1 Å². The topological polar surface area (TPSA) is 81.5 Å². The number of nitrogens with one attached hydrogen (secondary N) is 1. The van der Waals surface area contributed by atoms with Crippen LogP contribution in [0, 0.1) is 10.1 Å². The first-order chi connectivity index (χ1) is 11.5. The van der Waals surface area contributed by atoms with E-state index >= 15 is 0 Å². The fourth-order valence-electron chi connectivity index (χ4n) is 2.51. The quantitative estimate of drug-likeness (QED) is 0.624. The predicted octanol–water partition coefficient (Wildman–Crippen LogP) is 3.41. The Hall–Kier alpha value is -2.89. The number of para-hydroxylation sites is 1. The van der Waals surface area contributed by atoms with Gasteiger partial charge in [-0.15, -0.1) is 0 Å². The summed E-state index contributed by atoms with van der Waals surface area (Å²) in [6.45, 7) is 1.97. The molecule has 0 saturated carbocycles. The van der Waals surface area contributed by atoms with E-state index in [1.807, 2.05) is 31.2 Å². The lowest BCUT2D eigenvalue weighted by atomic mass is 10.0. The second kappa shape index (κ2) is 8.10. The van der Waals surface area contributed by atoms with Gasteiger partial charge in [0.1, 0.15) is 5.75 Å². The maximum Gasteiger partial charge on any atom is 0.273 e. The fraction of sp³-hybridized carbons (Fsp3) is 0.278. The molecule has 1 unspecified atom stereocenters. The summed E-state index contributed by atoms with van der Waals surface area (Å²) in [6.07, 6.45) is 0.693. The van der Waals surface area contributed by atoms with Crippen molar-refractivity contribution in [2.45, 2.75) is 25.8 Å². The van der Waals surface area contributed by atoms with Crippen LogP contribution in [0.1, 0.15) is 30.5 Å². The number of nitro benzene ring substituents is 1. The van der Waals surface area contributed by atoms with E-state index in [4.69, 9.17) is 4.74 Å². The molecule has 126 valence electrons. The van der Waals surface area contributed by atoms with Crippen molar-refractivity contribution in [1.82, 2.24) is 5.32 Å². The number of nitro groups is 1. The molecule has 2 aromatic carbocycles. The van der Waals surface area contributed by atoms with Gasteiger partial charge in [0.05, 0.1) is 24.5 Å². The number of nitrogens with zero attached hydrogens (tertiary/aromatic N) is 1. The number of carbonyl (C=O) groups excluding carboxylic acids is 1. The van der Waals surface area contributed by atoms with E-state index < -0.39 is 4.92 Å². The zero-order valence-electron chi connectivity index (χ0n) is 13.7. The van der Waals surface area contributed by atoms with Crippen molar-refractivity contribution in [3.63, 3.8) is 0 Å². The van der Waals surface area contributed by atoms with E-state index in [9.17, 15) is 14.9 Å². The lowest BCUT2D eigenvalue weighted by molar-refractivity contribution is -0.385. The van der Waals surface area contributed by atoms with E-state index in [0.717, 1.165) is 17.7 Å². The molecule has 0 fully saturated rings. The molecule has 0 heterocycles. The summed E-state index contributed by atoms with van der Waals surface area (Å²) in [4.78, 5) is 22.9. The Kier molecular flexibility index (Phi) is 5.89. The second-order valence-corrected chi connectivity index (χ2v) is 5.36. The zero-order valence-corrected chi connectivity index (χ0v) is 13.7. The lowest BCUT2D eigenvalue weighted by Crippen LogP contribution is -2.29. The molecule has 0 saturated heterocycles. The van der Waals surface area contributed by atoms with Crippen LogP contribution in [0.2, 0.25) is 0 Å². The van der Waals surface area contributed by atoms with E-state index in [1.165, 1.54) is 6.07 Å². The van der Waals surface area contributed by atoms with Crippen LogP contribution in [0.25, 0.3) is 0 Å². The third kappa shape index (κ3) is 4.32. The minimum absolute atomic E-state index is 0.0240. The highest BCUT2D eigenvalue weighted by Gasteiger charge is 2.18. The Morgan fingerprint density at radius 3 is 2.46 bits per heavy atom. The number of amides is 1. The van der Waals surface area contributed by atoms with Crippen LogP contribution in [0.5, 0.6) is 5.75 Å². The molecular weight excluding hydrogens is 308 g/mol. The summed E-state index contributed by atoms with van der Waals surface area (Å²) < 4.78 is 5.13. The number of benzene rings is 2. The van der Waals surface area contributed by atoms with Gasteiger partial charge in [0.25, 0.3) is 5.69 Å². The summed E-state index contributed by atoms with van der Waals surface area (Å²) in [6, 6.07) is 13.6. The van der Waals surface area contributed by atoms with Crippen molar-refractivity contribution in [2.75, 3.05) is 7.11 Å². The normalized spacial score (nSPS) is 11.6. The first kappa shape index (κ1) is 17.5. The van der Waals surface area contributed by atoms with Gasteiger partial charge in [-0.25, -0.2) is 0 Å². The maximum absolute atomic E-state index is 12.3. The van der Waals surface area contributed by atoms with Crippen molar-refractivity contribution < 1.29 is 14.5 Å². The van der Waals surface area contributed by atoms with Crippen molar-refractivity contribution in [1.29, 1.82) is 0 Å². The minimum atomic E-state index is -0.469. The molecule has 24 heavy (non-hydrogen) atoms. The Morgan fingerprint density at radius 1 is 1.21 bits per heavy atom. The molecule has 1 amide bonds. The molecule has 0 aliphatic rings. The molecule has 6 heteroatoms. The van der Waals surface area contributed by atoms with Gasteiger partial charge in [0.2, 0.25) is 5.91 Å². The van der Waals surface area contributed by atoms with Crippen LogP contribution in [0.4, 0.5) is 5.69 Å². The molecule has 1 N–H and O–H groups in total. The molecule has 6 nitrogen and oxygen atoms in total. The average molecular weight is 328 g/mol. The highest BCUT2D eigenvalue weighted by atomic mass is 16.6. The number of carbonyl (C=O) groups is 1. The predicted molar refractivity (Wildman–Crippen MR) is 91.0 cm³/mol. The Morgan fingerprint density at radius 2 is 1.88 bits per heavy atom. The van der Waals surface area contributed by atoms with Crippen molar-refractivity contribution in [3.8, 4) is 5.75 Å². The summed E-state index contributed by atoms with van der Waals surface area (Å²) in [5.41, 5.74) is 1.34. The summed E-state index contributed by atoms with van der Waals surface area (Å²) in [5.74, 6) is 0.506. The third-order valence-electron chi connectivity index (χ3n) is 3.80. The number of hydrogen-bond donors (Lipinski definition) is 1. The Bertz CT molecular complexity index is 713. The van der Waals surface area contributed by atoms with Gasteiger partial charge in [0, 0.05) is 11.6 Å². The van der Waals surface area contributed by atoms with Gasteiger partial charge < -0.3 is 10.1 Å². The smallest absolute Gasteiger partial charge is 0.273 e. The van der Waals surface area contributed by atoms with Gasteiger partial charge in [0.15, 0.2) is 0 Å². The summed E-state index contributed by atoms with van der Waals surface area (Å²) >= 11 is 0. The van der Waals surface area contributed by atoms with Crippen LogP contribution < -0.4 is 10.1 Å². The third-order valence-corrected chi connectivity index (χ3v) is 3.80. The maximum atomic E-state index is 12.3. The molecular formula is C18H20N2O4. The molecule has 0 aliphatic heterocycles. The largest absolute Gasteiger partial charge is 0.497 e.